The summed E-state index contributed by atoms with van der Waals surface area (Å²) in [4.78, 5) is 56.0. The van der Waals surface area contributed by atoms with Crippen molar-refractivity contribution in [1.29, 1.82) is 0 Å². The first kappa shape index (κ1) is 55.0. The van der Waals surface area contributed by atoms with E-state index < -0.39 is 55.0 Å². The number of hydrogen-bond acceptors (Lipinski definition) is 11. The van der Waals surface area contributed by atoms with Gasteiger partial charge in [-0.2, -0.15) is 0 Å². The number of rotatable bonds is 19. The Hall–Kier alpha value is -5.24. The molecule has 0 amide bonds. The number of ether oxygens (including phenoxy) is 4. The summed E-state index contributed by atoms with van der Waals surface area (Å²) in [6, 6.07) is 38.1. The lowest BCUT2D eigenvalue weighted by atomic mass is 9.44. The van der Waals surface area contributed by atoms with Crippen molar-refractivity contribution in [1.82, 2.24) is 0 Å². The first-order chi connectivity index (χ1) is 35.2. The standard InChI is InChI=1S/C62H78O11Si/c1-42(53(65)33-34-59(6,73-57(67)45-24-15-10-16-25-45)41-70-74(58(3,4)5,48-26-17-11-18-27-48)49-28-19-12-20-29-49)62(68)55(69-37-21-36-63)40-52-50-31-30-46-38-47(71-43(2)64)32-35-60(46,7)51(50)39-54(61(52,62)8)72-56(66)44-22-13-9-14-23-44/h9-20,22-29,40,42,46-47,50-51,54-55,63,68H,21,30-39,41H2,1-8H3/t42-,46+,47+,50-,51+,54-,55+,59+,60+,61-,62-/m1/s1. The molecule has 74 heavy (non-hydrogen) atoms. The maximum atomic E-state index is 15.4. The minimum absolute atomic E-state index is 0.0159. The van der Waals surface area contributed by atoms with E-state index >= 15 is 4.79 Å². The normalized spacial score (nSPS) is 28.8. The van der Waals surface area contributed by atoms with E-state index in [1.807, 2.05) is 68.5 Å². The van der Waals surface area contributed by atoms with Gasteiger partial charge < -0.3 is 33.6 Å². The number of hydrogen-bond donors (Lipinski definition) is 2. The lowest BCUT2D eigenvalue weighted by Gasteiger charge is -2.62. The fourth-order valence-electron chi connectivity index (χ4n) is 13.9. The molecule has 0 aromatic heterocycles. The molecule has 0 heterocycles. The van der Waals surface area contributed by atoms with Crippen LogP contribution in [0.15, 0.2) is 133 Å². The highest BCUT2D eigenvalue weighted by Crippen LogP contribution is 2.68. The Bertz CT molecular complexity index is 2580. The van der Waals surface area contributed by atoms with Crippen molar-refractivity contribution < 1.29 is 52.8 Å². The van der Waals surface area contributed by atoms with E-state index in [4.69, 9.17) is 23.4 Å². The van der Waals surface area contributed by atoms with Gasteiger partial charge in [-0.3, -0.25) is 9.59 Å². The summed E-state index contributed by atoms with van der Waals surface area (Å²) in [5.41, 5.74) is -3.05. The van der Waals surface area contributed by atoms with Crippen LogP contribution in [0.2, 0.25) is 5.04 Å². The molecule has 0 aliphatic heterocycles. The monoisotopic (exact) mass is 1030 g/mol. The van der Waals surface area contributed by atoms with Crippen molar-refractivity contribution in [3.63, 3.8) is 0 Å². The van der Waals surface area contributed by atoms with Crippen molar-refractivity contribution in [2.45, 2.75) is 148 Å². The summed E-state index contributed by atoms with van der Waals surface area (Å²) in [6.45, 7) is 15.8. The lowest BCUT2D eigenvalue weighted by Crippen LogP contribution is -2.67. The van der Waals surface area contributed by atoms with Crippen molar-refractivity contribution >= 4 is 42.4 Å². The van der Waals surface area contributed by atoms with Gasteiger partial charge in [-0.25, -0.2) is 9.59 Å². The molecule has 0 unspecified atom stereocenters. The van der Waals surface area contributed by atoms with Gasteiger partial charge in [0.15, 0.2) is 0 Å². The van der Waals surface area contributed by atoms with E-state index in [2.05, 4.69) is 52.0 Å². The molecule has 11 atom stereocenters. The molecular weight excluding hydrogens is 949 g/mol. The molecule has 8 rings (SSSR count). The van der Waals surface area contributed by atoms with Crippen molar-refractivity contribution in [2.24, 2.45) is 34.5 Å². The summed E-state index contributed by atoms with van der Waals surface area (Å²) in [5.74, 6) is -2.40. The number of fused-ring (bicyclic) bond motifs is 5. The molecule has 3 fully saturated rings. The molecule has 4 aromatic carbocycles. The second kappa shape index (κ2) is 22.2. The number of ketones is 1. The summed E-state index contributed by atoms with van der Waals surface area (Å²) >= 11 is 0. The van der Waals surface area contributed by atoms with Crippen LogP contribution < -0.4 is 10.4 Å². The topological polar surface area (TPSA) is 155 Å². The molecule has 0 saturated heterocycles. The van der Waals surface area contributed by atoms with Gasteiger partial charge >= 0.3 is 17.9 Å². The number of esters is 3. The van der Waals surface area contributed by atoms with Crippen molar-refractivity contribution in [3.05, 3.63) is 144 Å². The predicted octanol–water partition coefficient (Wildman–Crippen LogP) is 10.0. The van der Waals surface area contributed by atoms with Crippen LogP contribution in [0.4, 0.5) is 0 Å². The molecule has 2 N–H and O–H groups in total. The molecule has 11 nitrogen and oxygen atoms in total. The molecule has 4 aliphatic carbocycles. The van der Waals surface area contributed by atoms with Crippen LogP contribution in [0.3, 0.4) is 0 Å². The first-order valence-electron chi connectivity index (χ1n) is 26.9. The third kappa shape index (κ3) is 10.4. The van der Waals surface area contributed by atoms with E-state index in [9.17, 15) is 24.6 Å². The lowest BCUT2D eigenvalue weighted by molar-refractivity contribution is -0.212. The van der Waals surface area contributed by atoms with Crippen LogP contribution >= 0.6 is 0 Å². The van der Waals surface area contributed by atoms with Crippen molar-refractivity contribution in [2.75, 3.05) is 19.8 Å². The van der Waals surface area contributed by atoms with Gasteiger partial charge in [0.1, 0.15) is 35.3 Å². The van der Waals surface area contributed by atoms with Gasteiger partial charge in [0.05, 0.1) is 23.1 Å². The highest BCUT2D eigenvalue weighted by Gasteiger charge is 2.71. The van der Waals surface area contributed by atoms with Crippen LogP contribution in [0, 0.1) is 34.5 Å². The Balaban J connectivity index is 1.15. The number of aliphatic hydroxyl groups is 2. The maximum absolute atomic E-state index is 15.4. The van der Waals surface area contributed by atoms with Gasteiger partial charge in [-0.1, -0.05) is 143 Å². The fourth-order valence-corrected chi connectivity index (χ4v) is 18.6. The summed E-state index contributed by atoms with van der Waals surface area (Å²) in [7, 11) is -3.16. The van der Waals surface area contributed by atoms with E-state index in [0.29, 0.717) is 24.0 Å². The highest BCUT2D eigenvalue weighted by atomic mass is 28.4. The minimum atomic E-state index is -3.16. The average molecular weight is 1030 g/mol. The maximum Gasteiger partial charge on any atom is 0.338 e. The Kier molecular flexibility index (Phi) is 16.5. The van der Waals surface area contributed by atoms with Gasteiger partial charge in [-0.15, -0.1) is 0 Å². The van der Waals surface area contributed by atoms with Crippen LogP contribution in [0.25, 0.3) is 0 Å². The smallest absolute Gasteiger partial charge is 0.338 e. The zero-order valence-electron chi connectivity index (χ0n) is 44.7. The highest BCUT2D eigenvalue weighted by molar-refractivity contribution is 6.99. The third-order valence-corrected chi connectivity index (χ3v) is 22.9. The predicted molar refractivity (Wildman–Crippen MR) is 287 cm³/mol. The zero-order valence-corrected chi connectivity index (χ0v) is 45.7. The largest absolute Gasteiger partial charge is 0.463 e. The van der Waals surface area contributed by atoms with Gasteiger partial charge in [-0.05, 0) is 128 Å². The van der Waals surface area contributed by atoms with E-state index in [1.54, 1.807) is 55.5 Å². The Morgan fingerprint density at radius 3 is 1.88 bits per heavy atom. The number of benzene rings is 4. The molecule has 0 spiro atoms. The number of aliphatic hydroxyl groups excluding tert-OH is 1. The van der Waals surface area contributed by atoms with Gasteiger partial charge in [0.25, 0.3) is 8.32 Å². The number of Topliss-reactive ketones (excluding diaryl/α,β-unsaturated/α-hetero) is 1. The quantitative estimate of drug-likeness (QED) is 0.0303. The average Bonchev–Trinajstić information content (AvgIpc) is 3.63. The van der Waals surface area contributed by atoms with Gasteiger partial charge in [0.2, 0.25) is 0 Å². The Morgan fingerprint density at radius 1 is 0.757 bits per heavy atom. The Morgan fingerprint density at radius 2 is 1.32 bits per heavy atom. The third-order valence-electron chi connectivity index (χ3n) is 17.9. The van der Waals surface area contributed by atoms with Crippen LogP contribution in [0.1, 0.15) is 134 Å². The molecular formula is C62H78O11Si. The van der Waals surface area contributed by atoms with Crippen LogP contribution in [-0.4, -0.2) is 91.6 Å². The SMILES string of the molecule is CC(=O)O[C@H]1CC[C@@]2(C)[C@@H](CC[C@H]3C4=C[C@H](OCCCO)[C@](O)([C@H](C)C(=O)CC[C@@](C)(CO[Si](c5ccccc5)(c5ccccc5)C(C)(C)C)OC(=O)c5ccccc5)[C@@]4(C)[C@H](OC(=O)c4ccccc4)C[C@@H]32)C1. The van der Waals surface area contributed by atoms with Crippen LogP contribution in [-0.2, 0) is 33.0 Å². The summed E-state index contributed by atoms with van der Waals surface area (Å²) in [6.07, 6.45) is 4.74. The second-order valence-electron chi connectivity index (χ2n) is 23.4. The second-order valence-corrected chi connectivity index (χ2v) is 27.7. The number of carbonyl (C=O) groups excluding carboxylic acids is 4. The molecule has 0 bridgehead atoms. The van der Waals surface area contributed by atoms with E-state index in [1.165, 1.54) is 6.92 Å². The zero-order chi connectivity index (χ0) is 53.1. The van der Waals surface area contributed by atoms with Crippen molar-refractivity contribution in [3.8, 4) is 0 Å². The van der Waals surface area contributed by atoms with E-state index in [-0.39, 0.29) is 78.7 Å². The van der Waals surface area contributed by atoms with E-state index in [0.717, 1.165) is 48.1 Å². The first-order valence-corrected chi connectivity index (χ1v) is 28.8. The summed E-state index contributed by atoms with van der Waals surface area (Å²) < 4.78 is 33.1. The van der Waals surface area contributed by atoms with Crippen LogP contribution in [0.5, 0.6) is 0 Å². The minimum Gasteiger partial charge on any atom is -0.463 e. The summed E-state index contributed by atoms with van der Waals surface area (Å²) in [5, 5.41) is 25.6. The molecule has 4 aliphatic rings. The molecule has 3 saturated carbocycles. The Labute approximate surface area is 439 Å². The number of carbonyl (C=O) groups is 4. The fraction of sp³-hybridized carbons (Fsp3) is 0.516. The molecule has 396 valence electrons. The molecule has 4 aromatic rings. The molecule has 12 heteroatoms. The molecule has 0 radical (unpaired) electrons. The van der Waals surface area contributed by atoms with Gasteiger partial charge in [0, 0.05) is 32.5 Å².